The van der Waals surface area contributed by atoms with Crippen LogP contribution in [0.1, 0.15) is 23.7 Å². The number of fused-ring (bicyclic) bond motifs is 1. The molecule has 0 spiro atoms. The first-order valence-electron chi connectivity index (χ1n) is 7.38. The van der Waals surface area contributed by atoms with E-state index >= 15 is 0 Å². The highest BCUT2D eigenvalue weighted by Gasteiger charge is 2.14. The molecule has 2 aromatic carbocycles. The summed E-state index contributed by atoms with van der Waals surface area (Å²) >= 11 is 0. The zero-order chi connectivity index (χ0) is 15.5. The van der Waals surface area contributed by atoms with Crippen LogP contribution in [0.5, 0.6) is 0 Å². The van der Waals surface area contributed by atoms with Gasteiger partial charge in [-0.05, 0) is 24.6 Å². The second-order valence-corrected chi connectivity index (χ2v) is 5.15. The molecule has 4 nitrogen and oxygen atoms in total. The minimum Gasteiger partial charge on any atom is -0.465 e. The fourth-order valence-electron chi connectivity index (χ4n) is 2.63. The Balaban J connectivity index is 2.19. The summed E-state index contributed by atoms with van der Waals surface area (Å²) in [6, 6.07) is 15.6. The fraction of sp³-hybridized carbons (Fsp3) is 0.222. The summed E-state index contributed by atoms with van der Waals surface area (Å²) in [5.74, 6) is 0.590. The number of benzene rings is 2. The Labute approximate surface area is 129 Å². The number of esters is 1. The standard InChI is InChI=1S/C18H18N2O2/c1-3-11-20-16-10-9-14(18(21)22-2)12-15(16)19-17(20)13-7-5-4-6-8-13/h4-10,12H,3,11H2,1-2H3. The number of imidazole rings is 1. The van der Waals surface area contributed by atoms with E-state index < -0.39 is 0 Å². The van der Waals surface area contributed by atoms with Crippen molar-refractivity contribution in [3.8, 4) is 11.4 Å². The molecule has 0 radical (unpaired) electrons. The molecule has 4 heteroatoms. The summed E-state index contributed by atoms with van der Waals surface area (Å²) in [6.45, 7) is 3.03. The number of aryl methyl sites for hydroxylation is 1. The van der Waals surface area contributed by atoms with E-state index in [0.29, 0.717) is 5.56 Å². The lowest BCUT2D eigenvalue weighted by Gasteiger charge is -2.07. The van der Waals surface area contributed by atoms with Gasteiger partial charge in [-0.3, -0.25) is 0 Å². The first-order valence-corrected chi connectivity index (χ1v) is 7.38. The molecule has 0 aliphatic heterocycles. The Morgan fingerprint density at radius 3 is 2.64 bits per heavy atom. The van der Waals surface area contributed by atoms with Crippen LogP contribution >= 0.6 is 0 Å². The van der Waals surface area contributed by atoms with Gasteiger partial charge in [0.05, 0.1) is 23.7 Å². The van der Waals surface area contributed by atoms with Crippen LogP contribution in [0.2, 0.25) is 0 Å². The molecule has 1 heterocycles. The fourth-order valence-corrected chi connectivity index (χ4v) is 2.63. The second-order valence-electron chi connectivity index (χ2n) is 5.15. The van der Waals surface area contributed by atoms with E-state index in [9.17, 15) is 4.79 Å². The minimum atomic E-state index is -0.340. The van der Waals surface area contributed by atoms with E-state index in [-0.39, 0.29) is 5.97 Å². The SMILES string of the molecule is CCCn1c(-c2ccccc2)nc2cc(C(=O)OC)ccc21. The number of carbonyl (C=O) groups excluding carboxylic acids is 1. The molecule has 0 amide bonds. The van der Waals surface area contributed by atoms with Crippen LogP contribution in [0, 0.1) is 0 Å². The zero-order valence-electron chi connectivity index (χ0n) is 12.7. The number of methoxy groups -OCH3 is 1. The average molecular weight is 294 g/mol. The van der Waals surface area contributed by atoms with E-state index in [1.165, 1.54) is 7.11 Å². The van der Waals surface area contributed by atoms with Gasteiger partial charge in [0, 0.05) is 12.1 Å². The summed E-state index contributed by atoms with van der Waals surface area (Å²) < 4.78 is 6.98. The lowest BCUT2D eigenvalue weighted by atomic mass is 10.2. The normalized spacial score (nSPS) is 10.8. The number of ether oxygens (including phenoxy) is 1. The van der Waals surface area contributed by atoms with Crippen molar-refractivity contribution in [3.05, 3.63) is 54.1 Å². The Morgan fingerprint density at radius 1 is 1.18 bits per heavy atom. The average Bonchev–Trinajstić information content (AvgIpc) is 2.93. The van der Waals surface area contributed by atoms with Crippen LogP contribution < -0.4 is 0 Å². The molecular formula is C18H18N2O2. The maximum absolute atomic E-state index is 11.7. The number of aromatic nitrogens is 2. The molecule has 112 valence electrons. The summed E-state index contributed by atoms with van der Waals surface area (Å²) in [4.78, 5) is 16.4. The second kappa shape index (κ2) is 6.02. The van der Waals surface area contributed by atoms with Crippen molar-refractivity contribution in [1.82, 2.24) is 9.55 Å². The molecule has 0 saturated heterocycles. The highest BCUT2D eigenvalue weighted by molar-refractivity contribution is 5.94. The highest BCUT2D eigenvalue weighted by Crippen LogP contribution is 2.26. The monoisotopic (exact) mass is 294 g/mol. The zero-order valence-corrected chi connectivity index (χ0v) is 12.7. The van der Waals surface area contributed by atoms with Crippen molar-refractivity contribution in [2.45, 2.75) is 19.9 Å². The number of hydrogen-bond acceptors (Lipinski definition) is 3. The topological polar surface area (TPSA) is 44.1 Å². The Hall–Kier alpha value is -2.62. The van der Waals surface area contributed by atoms with Crippen molar-refractivity contribution < 1.29 is 9.53 Å². The number of hydrogen-bond donors (Lipinski definition) is 0. The lowest BCUT2D eigenvalue weighted by Crippen LogP contribution is -2.01. The molecule has 0 fully saturated rings. The molecular weight excluding hydrogens is 276 g/mol. The number of nitrogens with zero attached hydrogens (tertiary/aromatic N) is 2. The van der Waals surface area contributed by atoms with Crippen molar-refractivity contribution in [3.63, 3.8) is 0 Å². The third-order valence-corrected chi connectivity index (χ3v) is 3.65. The first-order chi connectivity index (χ1) is 10.7. The molecule has 0 aliphatic rings. The molecule has 0 unspecified atom stereocenters. The van der Waals surface area contributed by atoms with Gasteiger partial charge in [0.1, 0.15) is 5.82 Å². The van der Waals surface area contributed by atoms with Crippen LogP contribution in [-0.4, -0.2) is 22.6 Å². The van der Waals surface area contributed by atoms with Crippen molar-refractivity contribution >= 4 is 17.0 Å². The van der Waals surface area contributed by atoms with Gasteiger partial charge in [0.15, 0.2) is 0 Å². The van der Waals surface area contributed by atoms with Gasteiger partial charge in [-0.25, -0.2) is 9.78 Å². The van der Waals surface area contributed by atoms with Crippen LogP contribution in [-0.2, 0) is 11.3 Å². The summed E-state index contributed by atoms with van der Waals surface area (Å²) in [5, 5.41) is 0. The molecule has 0 bridgehead atoms. The van der Waals surface area contributed by atoms with E-state index in [1.54, 1.807) is 12.1 Å². The maximum Gasteiger partial charge on any atom is 0.337 e. The third-order valence-electron chi connectivity index (χ3n) is 3.65. The molecule has 0 N–H and O–H groups in total. The van der Waals surface area contributed by atoms with Gasteiger partial charge >= 0.3 is 5.97 Å². The van der Waals surface area contributed by atoms with Crippen molar-refractivity contribution in [1.29, 1.82) is 0 Å². The maximum atomic E-state index is 11.7. The Bertz CT molecular complexity index is 807. The molecule has 0 atom stereocenters. The first kappa shape index (κ1) is 14.3. The van der Waals surface area contributed by atoms with Gasteiger partial charge in [0.25, 0.3) is 0 Å². The molecule has 3 aromatic rings. The van der Waals surface area contributed by atoms with Gasteiger partial charge in [-0.1, -0.05) is 37.3 Å². The highest BCUT2D eigenvalue weighted by atomic mass is 16.5. The van der Waals surface area contributed by atoms with E-state index in [2.05, 4.69) is 23.6 Å². The largest absolute Gasteiger partial charge is 0.465 e. The van der Waals surface area contributed by atoms with Crippen LogP contribution in [0.15, 0.2) is 48.5 Å². The Kier molecular flexibility index (Phi) is 3.92. The van der Waals surface area contributed by atoms with Crippen molar-refractivity contribution in [2.24, 2.45) is 0 Å². The molecule has 3 rings (SSSR count). The van der Waals surface area contributed by atoms with Gasteiger partial charge in [0.2, 0.25) is 0 Å². The molecule has 1 aromatic heterocycles. The summed E-state index contributed by atoms with van der Waals surface area (Å²) in [5.41, 5.74) is 3.45. The predicted octanol–water partition coefficient (Wildman–Crippen LogP) is 3.90. The van der Waals surface area contributed by atoms with E-state index in [4.69, 9.17) is 9.72 Å². The van der Waals surface area contributed by atoms with Gasteiger partial charge in [-0.15, -0.1) is 0 Å². The van der Waals surface area contributed by atoms with Crippen LogP contribution in [0.4, 0.5) is 0 Å². The molecule has 22 heavy (non-hydrogen) atoms. The molecule has 0 saturated carbocycles. The van der Waals surface area contributed by atoms with Crippen molar-refractivity contribution in [2.75, 3.05) is 7.11 Å². The lowest BCUT2D eigenvalue weighted by molar-refractivity contribution is 0.0601. The quantitative estimate of drug-likeness (QED) is 0.685. The van der Waals surface area contributed by atoms with Gasteiger partial charge < -0.3 is 9.30 Å². The predicted molar refractivity (Wildman–Crippen MR) is 86.8 cm³/mol. The van der Waals surface area contributed by atoms with Crippen LogP contribution in [0.3, 0.4) is 0 Å². The number of carbonyl (C=O) groups is 1. The summed E-state index contributed by atoms with van der Waals surface area (Å²) in [7, 11) is 1.39. The Morgan fingerprint density at radius 2 is 1.95 bits per heavy atom. The summed E-state index contributed by atoms with van der Waals surface area (Å²) in [6.07, 6.45) is 1.02. The van der Waals surface area contributed by atoms with E-state index in [1.807, 2.05) is 24.3 Å². The van der Waals surface area contributed by atoms with Crippen LogP contribution in [0.25, 0.3) is 22.4 Å². The third kappa shape index (κ3) is 2.48. The van der Waals surface area contributed by atoms with E-state index in [0.717, 1.165) is 35.4 Å². The minimum absolute atomic E-state index is 0.340. The van der Waals surface area contributed by atoms with Gasteiger partial charge in [-0.2, -0.15) is 0 Å². The molecule has 0 aliphatic carbocycles. The smallest absolute Gasteiger partial charge is 0.337 e. The number of rotatable bonds is 4.